The van der Waals surface area contributed by atoms with Gasteiger partial charge in [0, 0.05) is 8.95 Å². The van der Waals surface area contributed by atoms with Crippen molar-refractivity contribution in [3.05, 3.63) is 56.5 Å². The van der Waals surface area contributed by atoms with Gasteiger partial charge in [0.25, 0.3) is 0 Å². The lowest BCUT2D eigenvalue weighted by atomic mass is 10.1. The van der Waals surface area contributed by atoms with Crippen LogP contribution in [0.25, 0.3) is 0 Å². The van der Waals surface area contributed by atoms with Crippen molar-refractivity contribution in [2.45, 2.75) is 6.18 Å². The van der Waals surface area contributed by atoms with Crippen LogP contribution in [0.15, 0.2) is 45.3 Å². The van der Waals surface area contributed by atoms with Gasteiger partial charge in [0.1, 0.15) is 6.07 Å². The molecule has 0 amide bonds. The Morgan fingerprint density at radius 1 is 1.00 bits per heavy atom. The SMILES string of the molecule is N#Cc1cc(C(F)(F)F)ccc1Nc1cc(Br)ccc1Br. The summed E-state index contributed by atoms with van der Waals surface area (Å²) in [5, 5.41) is 12.0. The second-order valence-electron chi connectivity index (χ2n) is 4.12. The molecule has 2 aromatic carbocycles. The molecule has 0 spiro atoms. The van der Waals surface area contributed by atoms with E-state index in [0.29, 0.717) is 11.4 Å². The number of anilines is 2. The van der Waals surface area contributed by atoms with Crippen molar-refractivity contribution in [3.8, 4) is 6.07 Å². The molecule has 7 heteroatoms. The summed E-state index contributed by atoms with van der Waals surface area (Å²) in [6.45, 7) is 0. The molecule has 0 bridgehead atoms. The maximum absolute atomic E-state index is 12.6. The summed E-state index contributed by atoms with van der Waals surface area (Å²) >= 11 is 6.64. The lowest BCUT2D eigenvalue weighted by Gasteiger charge is -2.13. The summed E-state index contributed by atoms with van der Waals surface area (Å²) in [5.74, 6) is 0. The number of hydrogen-bond donors (Lipinski definition) is 1. The number of nitriles is 1. The summed E-state index contributed by atoms with van der Waals surface area (Å²) in [7, 11) is 0. The van der Waals surface area contributed by atoms with E-state index in [-0.39, 0.29) is 5.56 Å². The van der Waals surface area contributed by atoms with Gasteiger partial charge < -0.3 is 5.32 Å². The molecule has 0 saturated carbocycles. The highest BCUT2D eigenvalue weighted by Crippen LogP contribution is 2.34. The molecule has 0 radical (unpaired) electrons. The first-order valence-corrected chi connectivity index (χ1v) is 7.23. The molecule has 0 saturated heterocycles. The zero-order chi connectivity index (χ0) is 15.6. The van der Waals surface area contributed by atoms with Gasteiger partial charge in [-0.15, -0.1) is 0 Å². The standard InChI is InChI=1S/C14H7Br2F3N2/c15-10-2-3-11(16)13(6-10)21-12-4-1-9(14(17,18)19)5-8(12)7-20/h1-6,21H. The zero-order valence-electron chi connectivity index (χ0n) is 10.3. The van der Waals surface area contributed by atoms with E-state index < -0.39 is 11.7 Å². The molecule has 2 nitrogen and oxygen atoms in total. The van der Waals surface area contributed by atoms with Crippen molar-refractivity contribution < 1.29 is 13.2 Å². The van der Waals surface area contributed by atoms with Crippen LogP contribution < -0.4 is 5.32 Å². The molecule has 1 N–H and O–H groups in total. The summed E-state index contributed by atoms with van der Waals surface area (Å²) in [4.78, 5) is 0. The van der Waals surface area contributed by atoms with Gasteiger partial charge in [0.05, 0.1) is 22.5 Å². The van der Waals surface area contributed by atoms with E-state index in [1.54, 1.807) is 18.2 Å². The van der Waals surface area contributed by atoms with E-state index >= 15 is 0 Å². The van der Waals surface area contributed by atoms with Gasteiger partial charge in [-0.05, 0) is 52.3 Å². The average Bonchev–Trinajstić information content (AvgIpc) is 2.42. The lowest BCUT2D eigenvalue weighted by Crippen LogP contribution is -2.06. The fourth-order valence-electron chi connectivity index (χ4n) is 1.66. The van der Waals surface area contributed by atoms with Crippen LogP contribution in [0, 0.1) is 11.3 Å². The van der Waals surface area contributed by atoms with Gasteiger partial charge in [0.2, 0.25) is 0 Å². The van der Waals surface area contributed by atoms with E-state index in [1.807, 2.05) is 6.07 Å². The van der Waals surface area contributed by atoms with Crippen LogP contribution in [0.1, 0.15) is 11.1 Å². The Hall–Kier alpha value is -1.52. The molecular formula is C14H7Br2F3N2. The summed E-state index contributed by atoms with van der Waals surface area (Å²) in [5.41, 5.74) is 0.0274. The van der Waals surface area contributed by atoms with Crippen molar-refractivity contribution in [2.75, 3.05) is 5.32 Å². The molecule has 108 valence electrons. The van der Waals surface area contributed by atoms with Gasteiger partial charge in [0.15, 0.2) is 0 Å². The van der Waals surface area contributed by atoms with Crippen LogP contribution in [0.4, 0.5) is 24.5 Å². The Bertz CT molecular complexity index is 721. The molecule has 0 aliphatic rings. The summed E-state index contributed by atoms with van der Waals surface area (Å²) < 4.78 is 39.4. The van der Waals surface area contributed by atoms with E-state index in [0.717, 1.165) is 21.1 Å². The maximum atomic E-state index is 12.6. The first-order chi connectivity index (χ1) is 9.81. The predicted octanol–water partition coefficient (Wildman–Crippen LogP) is 5.85. The lowest BCUT2D eigenvalue weighted by molar-refractivity contribution is -0.137. The molecule has 0 aliphatic carbocycles. The molecule has 0 atom stereocenters. The van der Waals surface area contributed by atoms with Gasteiger partial charge in [-0.1, -0.05) is 15.9 Å². The second kappa shape index (κ2) is 6.08. The van der Waals surface area contributed by atoms with E-state index in [1.165, 1.54) is 6.07 Å². The van der Waals surface area contributed by atoms with Crippen LogP contribution in [0.3, 0.4) is 0 Å². The maximum Gasteiger partial charge on any atom is 0.416 e. The number of nitrogens with zero attached hydrogens (tertiary/aromatic N) is 1. The quantitative estimate of drug-likeness (QED) is 0.663. The molecule has 0 aromatic heterocycles. The van der Waals surface area contributed by atoms with E-state index in [2.05, 4.69) is 37.2 Å². The number of nitrogens with one attached hydrogen (secondary N) is 1. The van der Waals surface area contributed by atoms with Gasteiger partial charge in [-0.3, -0.25) is 0 Å². The van der Waals surface area contributed by atoms with Gasteiger partial charge in [-0.25, -0.2) is 0 Å². The van der Waals surface area contributed by atoms with Crippen molar-refractivity contribution in [3.63, 3.8) is 0 Å². The number of hydrogen-bond acceptors (Lipinski definition) is 2. The smallest absolute Gasteiger partial charge is 0.353 e. The Kier molecular flexibility index (Phi) is 4.59. The zero-order valence-corrected chi connectivity index (χ0v) is 13.5. The van der Waals surface area contributed by atoms with Crippen LogP contribution in [0.5, 0.6) is 0 Å². The third kappa shape index (κ3) is 3.77. The van der Waals surface area contributed by atoms with Crippen molar-refractivity contribution in [1.29, 1.82) is 5.26 Å². The Balaban J connectivity index is 2.41. The predicted molar refractivity (Wildman–Crippen MR) is 81.3 cm³/mol. The molecule has 0 fully saturated rings. The van der Waals surface area contributed by atoms with Crippen molar-refractivity contribution >= 4 is 43.2 Å². The van der Waals surface area contributed by atoms with E-state index in [9.17, 15) is 13.2 Å². The second-order valence-corrected chi connectivity index (χ2v) is 5.89. The Morgan fingerprint density at radius 3 is 2.33 bits per heavy atom. The third-order valence-corrected chi connectivity index (χ3v) is 3.85. The highest BCUT2D eigenvalue weighted by atomic mass is 79.9. The first-order valence-electron chi connectivity index (χ1n) is 5.64. The molecule has 21 heavy (non-hydrogen) atoms. The monoisotopic (exact) mass is 418 g/mol. The van der Waals surface area contributed by atoms with Crippen molar-refractivity contribution in [1.82, 2.24) is 0 Å². The highest BCUT2D eigenvalue weighted by Gasteiger charge is 2.31. The van der Waals surface area contributed by atoms with Gasteiger partial charge in [-0.2, -0.15) is 18.4 Å². The molecule has 0 heterocycles. The molecule has 2 rings (SSSR count). The van der Waals surface area contributed by atoms with Gasteiger partial charge >= 0.3 is 6.18 Å². The number of alkyl halides is 3. The Morgan fingerprint density at radius 2 is 1.71 bits per heavy atom. The van der Waals surface area contributed by atoms with Crippen LogP contribution in [-0.2, 0) is 6.18 Å². The first kappa shape index (κ1) is 15.9. The largest absolute Gasteiger partial charge is 0.416 e. The Labute approximate surface area is 135 Å². The molecular weight excluding hydrogens is 413 g/mol. The number of benzene rings is 2. The summed E-state index contributed by atoms with van der Waals surface area (Å²) in [6.07, 6.45) is -4.47. The number of halogens is 5. The fraction of sp³-hybridized carbons (Fsp3) is 0.0714. The topological polar surface area (TPSA) is 35.8 Å². The average molecular weight is 420 g/mol. The minimum atomic E-state index is -4.47. The molecule has 2 aromatic rings. The van der Waals surface area contributed by atoms with E-state index in [4.69, 9.17) is 5.26 Å². The highest BCUT2D eigenvalue weighted by molar-refractivity contribution is 9.11. The van der Waals surface area contributed by atoms with Crippen LogP contribution in [-0.4, -0.2) is 0 Å². The minimum Gasteiger partial charge on any atom is -0.353 e. The van der Waals surface area contributed by atoms with Crippen LogP contribution in [0.2, 0.25) is 0 Å². The summed E-state index contributed by atoms with van der Waals surface area (Å²) in [6, 6.07) is 10.1. The normalized spacial score (nSPS) is 11.0. The molecule has 0 unspecified atom stereocenters. The fourth-order valence-corrected chi connectivity index (χ4v) is 2.37. The number of rotatable bonds is 2. The van der Waals surface area contributed by atoms with Crippen molar-refractivity contribution in [2.24, 2.45) is 0 Å². The third-order valence-electron chi connectivity index (χ3n) is 2.67. The van der Waals surface area contributed by atoms with Crippen LogP contribution >= 0.6 is 31.9 Å². The molecule has 0 aliphatic heterocycles. The minimum absolute atomic E-state index is 0.0725.